The molecular formula is C25H24F2N4O3. The molecule has 4 rings (SSSR count). The third kappa shape index (κ3) is 5.48. The summed E-state index contributed by atoms with van der Waals surface area (Å²) in [5.41, 5.74) is 1.56. The van der Waals surface area contributed by atoms with E-state index in [2.05, 4.69) is 5.32 Å². The Balaban J connectivity index is 1.30. The SMILES string of the molecule is O=C(Cn1cccc1C(=O)N1CCN(C(=O)c2ccc(F)cc2)CC1)NCc1ccc(F)cc1. The molecule has 0 spiro atoms. The third-order valence-corrected chi connectivity index (χ3v) is 5.71. The van der Waals surface area contributed by atoms with Crippen LogP contribution < -0.4 is 5.32 Å². The first kappa shape index (κ1) is 23.2. The van der Waals surface area contributed by atoms with Crippen molar-refractivity contribution in [2.45, 2.75) is 13.1 Å². The zero-order valence-corrected chi connectivity index (χ0v) is 18.4. The molecule has 0 radical (unpaired) electrons. The molecule has 0 aliphatic carbocycles. The maximum Gasteiger partial charge on any atom is 0.270 e. The summed E-state index contributed by atoms with van der Waals surface area (Å²) in [5, 5.41) is 2.76. The molecule has 3 aromatic rings. The zero-order valence-electron chi connectivity index (χ0n) is 18.4. The number of nitrogens with zero attached hydrogens (tertiary/aromatic N) is 3. The highest BCUT2D eigenvalue weighted by Crippen LogP contribution is 2.13. The van der Waals surface area contributed by atoms with Gasteiger partial charge in [-0.05, 0) is 54.1 Å². The lowest BCUT2D eigenvalue weighted by Crippen LogP contribution is -2.51. The molecular weight excluding hydrogens is 442 g/mol. The molecule has 7 nitrogen and oxygen atoms in total. The molecule has 0 atom stereocenters. The quantitative estimate of drug-likeness (QED) is 0.607. The fourth-order valence-corrected chi connectivity index (χ4v) is 3.81. The highest BCUT2D eigenvalue weighted by Gasteiger charge is 2.27. The van der Waals surface area contributed by atoms with Gasteiger partial charge in [-0.25, -0.2) is 8.78 Å². The number of benzene rings is 2. The second kappa shape index (κ2) is 10.3. The average Bonchev–Trinajstić information content (AvgIpc) is 3.31. The number of aromatic nitrogens is 1. The monoisotopic (exact) mass is 466 g/mol. The molecule has 1 aliphatic heterocycles. The summed E-state index contributed by atoms with van der Waals surface area (Å²) in [7, 11) is 0. The van der Waals surface area contributed by atoms with Crippen molar-refractivity contribution in [3.63, 3.8) is 0 Å². The number of carbonyl (C=O) groups excluding carboxylic acids is 3. The third-order valence-electron chi connectivity index (χ3n) is 5.71. The van der Waals surface area contributed by atoms with Crippen LogP contribution in [0.2, 0.25) is 0 Å². The van der Waals surface area contributed by atoms with E-state index in [4.69, 9.17) is 0 Å². The van der Waals surface area contributed by atoms with Crippen molar-refractivity contribution in [2.24, 2.45) is 0 Å². The Labute approximate surface area is 195 Å². The van der Waals surface area contributed by atoms with Crippen LogP contribution in [-0.4, -0.2) is 58.3 Å². The normalized spacial score (nSPS) is 13.6. The topological polar surface area (TPSA) is 74.7 Å². The smallest absolute Gasteiger partial charge is 0.270 e. The van der Waals surface area contributed by atoms with Crippen molar-refractivity contribution in [1.29, 1.82) is 0 Å². The molecule has 1 N–H and O–H groups in total. The predicted molar refractivity (Wildman–Crippen MR) is 121 cm³/mol. The van der Waals surface area contributed by atoms with Gasteiger partial charge in [0.05, 0.1) is 0 Å². The van der Waals surface area contributed by atoms with Gasteiger partial charge in [-0.1, -0.05) is 12.1 Å². The molecule has 2 aromatic carbocycles. The van der Waals surface area contributed by atoms with Crippen LogP contribution in [0.25, 0.3) is 0 Å². The van der Waals surface area contributed by atoms with E-state index in [0.29, 0.717) is 37.4 Å². The molecule has 1 aliphatic rings. The maximum atomic E-state index is 13.1. The van der Waals surface area contributed by atoms with Gasteiger partial charge in [-0.2, -0.15) is 0 Å². The van der Waals surface area contributed by atoms with Crippen molar-refractivity contribution in [3.05, 3.63) is 95.3 Å². The highest BCUT2D eigenvalue weighted by molar-refractivity contribution is 5.95. The summed E-state index contributed by atoms with van der Waals surface area (Å²) >= 11 is 0. The molecule has 0 bridgehead atoms. The average molecular weight is 466 g/mol. The molecule has 0 unspecified atom stereocenters. The van der Waals surface area contributed by atoms with Gasteiger partial charge in [-0.15, -0.1) is 0 Å². The molecule has 9 heteroatoms. The molecule has 0 saturated carbocycles. The van der Waals surface area contributed by atoms with Gasteiger partial charge in [0.15, 0.2) is 0 Å². The van der Waals surface area contributed by atoms with E-state index in [0.717, 1.165) is 5.56 Å². The van der Waals surface area contributed by atoms with Crippen molar-refractivity contribution in [2.75, 3.05) is 26.2 Å². The first-order valence-electron chi connectivity index (χ1n) is 10.9. The van der Waals surface area contributed by atoms with Gasteiger partial charge < -0.3 is 19.7 Å². The summed E-state index contributed by atoms with van der Waals surface area (Å²) < 4.78 is 27.7. The number of rotatable bonds is 6. The van der Waals surface area contributed by atoms with Crippen LogP contribution in [0, 0.1) is 11.6 Å². The Bertz CT molecular complexity index is 1170. The standard InChI is InChI=1S/C25H24F2N4O3/c26-20-7-3-18(4-8-20)16-28-23(32)17-31-11-1-2-22(31)25(34)30-14-12-29(13-15-30)24(33)19-5-9-21(27)10-6-19/h1-11H,12-17H2,(H,28,32). The van der Waals surface area contributed by atoms with Gasteiger partial charge in [0.1, 0.15) is 23.9 Å². The van der Waals surface area contributed by atoms with E-state index in [1.54, 1.807) is 44.8 Å². The van der Waals surface area contributed by atoms with Crippen LogP contribution in [0.1, 0.15) is 26.4 Å². The number of halogens is 2. The largest absolute Gasteiger partial charge is 0.350 e. The van der Waals surface area contributed by atoms with Crippen LogP contribution in [0.3, 0.4) is 0 Å². The zero-order chi connectivity index (χ0) is 24.1. The summed E-state index contributed by atoms with van der Waals surface area (Å²) in [5.74, 6) is -1.44. The fourth-order valence-electron chi connectivity index (χ4n) is 3.81. The van der Waals surface area contributed by atoms with Gasteiger partial charge in [0, 0.05) is 44.5 Å². The number of nitrogens with one attached hydrogen (secondary N) is 1. The molecule has 176 valence electrons. The van der Waals surface area contributed by atoms with E-state index in [1.807, 2.05) is 0 Å². The van der Waals surface area contributed by atoms with E-state index < -0.39 is 5.82 Å². The van der Waals surface area contributed by atoms with Gasteiger partial charge in [0.25, 0.3) is 11.8 Å². The lowest BCUT2D eigenvalue weighted by molar-refractivity contribution is -0.121. The Morgan fingerprint density at radius 3 is 1.94 bits per heavy atom. The van der Waals surface area contributed by atoms with E-state index >= 15 is 0 Å². The summed E-state index contributed by atoms with van der Waals surface area (Å²) in [6.07, 6.45) is 1.67. The molecule has 1 saturated heterocycles. The van der Waals surface area contributed by atoms with Gasteiger partial charge in [-0.3, -0.25) is 14.4 Å². The minimum absolute atomic E-state index is 0.0295. The Hall–Kier alpha value is -4.01. The van der Waals surface area contributed by atoms with Crippen LogP contribution in [0.4, 0.5) is 8.78 Å². The number of piperazine rings is 1. The lowest BCUT2D eigenvalue weighted by Gasteiger charge is -2.35. The maximum absolute atomic E-state index is 13.1. The van der Waals surface area contributed by atoms with E-state index in [9.17, 15) is 23.2 Å². The summed E-state index contributed by atoms with van der Waals surface area (Å²) in [4.78, 5) is 41.3. The minimum Gasteiger partial charge on any atom is -0.350 e. The van der Waals surface area contributed by atoms with Crippen LogP contribution >= 0.6 is 0 Å². The van der Waals surface area contributed by atoms with E-state index in [1.165, 1.54) is 36.4 Å². The second-order valence-corrected chi connectivity index (χ2v) is 8.02. The number of hydrogen-bond donors (Lipinski definition) is 1. The molecule has 1 fully saturated rings. The molecule has 1 aromatic heterocycles. The number of carbonyl (C=O) groups is 3. The van der Waals surface area contributed by atoms with Crippen molar-refractivity contribution in [1.82, 2.24) is 19.7 Å². The minimum atomic E-state index is -0.404. The molecule has 3 amide bonds. The van der Waals surface area contributed by atoms with Crippen molar-refractivity contribution in [3.8, 4) is 0 Å². The van der Waals surface area contributed by atoms with Crippen LogP contribution in [0.5, 0.6) is 0 Å². The van der Waals surface area contributed by atoms with Crippen LogP contribution in [-0.2, 0) is 17.9 Å². The predicted octanol–water partition coefficient (Wildman–Crippen LogP) is 2.68. The second-order valence-electron chi connectivity index (χ2n) is 8.02. The Kier molecular flexibility index (Phi) is 7.01. The summed E-state index contributed by atoms with van der Waals surface area (Å²) in [6.45, 7) is 1.66. The van der Waals surface area contributed by atoms with Gasteiger partial charge >= 0.3 is 0 Å². The van der Waals surface area contributed by atoms with E-state index in [-0.39, 0.29) is 36.6 Å². The number of hydrogen-bond acceptors (Lipinski definition) is 3. The van der Waals surface area contributed by atoms with Crippen molar-refractivity contribution >= 4 is 17.7 Å². The first-order valence-corrected chi connectivity index (χ1v) is 10.9. The Morgan fingerprint density at radius 2 is 1.32 bits per heavy atom. The first-order chi connectivity index (χ1) is 16.4. The fraction of sp³-hybridized carbons (Fsp3) is 0.240. The molecule has 2 heterocycles. The van der Waals surface area contributed by atoms with Crippen LogP contribution in [0.15, 0.2) is 66.9 Å². The molecule has 34 heavy (non-hydrogen) atoms. The lowest BCUT2D eigenvalue weighted by atomic mass is 10.1. The highest BCUT2D eigenvalue weighted by atomic mass is 19.1. The Morgan fingerprint density at radius 1 is 0.765 bits per heavy atom. The number of amides is 3. The van der Waals surface area contributed by atoms with Crippen molar-refractivity contribution < 1.29 is 23.2 Å². The summed E-state index contributed by atoms with van der Waals surface area (Å²) in [6, 6.07) is 14.6. The van der Waals surface area contributed by atoms with Gasteiger partial charge in [0.2, 0.25) is 5.91 Å².